The van der Waals surface area contributed by atoms with E-state index in [1.54, 1.807) is 30.0 Å². The Hall–Kier alpha value is -3.09. The fourth-order valence-electron chi connectivity index (χ4n) is 3.28. The van der Waals surface area contributed by atoms with Gasteiger partial charge in [-0.25, -0.2) is 4.98 Å². The number of furan rings is 1. The van der Waals surface area contributed by atoms with Gasteiger partial charge in [0, 0.05) is 31.6 Å². The summed E-state index contributed by atoms with van der Waals surface area (Å²) in [5, 5.41) is 2.95. The van der Waals surface area contributed by atoms with Crippen LogP contribution in [-0.2, 0) is 4.79 Å². The molecule has 0 saturated carbocycles. The SMILES string of the molecule is Cc1nc2cc(NC(=O)C3CCN(C(=O)c4ccoc4)CC3)ccc2o1. The Morgan fingerprint density at radius 3 is 2.77 bits per heavy atom. The van der Waals surface area contributed by atoms with Crippen LogP contribution in [0.2, 0.25) is 0 Å². The van der Waals surface area contributed by atoms with E-state index in [9.17, 15) is 9.59 Å². The van der Waals surface area contributed by atoms with Crippen LogP contribution in [0.15, 0.2) is 45.6 Å². The van der Waals surface area contributed by atoms with Crippen molar-refractivity contribution >= 4 is 28.6 Å². The van der Waals surface area contributed by atoms with Crippen molar-refractivity contribution in [3.63, 3.8) is 0 Å². The number of nitrogens with one attached hydrogen (secondary N) is 1. The molecule has 3 aromatic rings. The van der Waals surface area contributed by atoms with E-state index in [4.69, 9.17) is 8.83 Å². The van der Waals surface area contributed by atoms with Crippen LogP contribution in [0.1, 0.15) is 29.1 Å². The second kappa shape index (κ2) is 6.67. The van der Waals surface area contributed by atoms with Crippen LogP contribution in [0, 0.1) is 12.8 Å². The van der Waals surface area contributed by atoms with Crippen LogP contribution >= 0.6 is 0 Å². The van der Waals surface area contributed by atoms with Crippen molar-refractivity contribution in [2.24, 2.45) is 5.92 Å². The van der Waals surface area contributed by atoms with Gasteiger partial charge in [0.1, 0.15) is 11.8 Å². The summed E-state index contributed by atoms with van der Waals surface area (Å²) in [5.74, 6) is 0.403. The van der Waals surface area contributed by atoms with Crippen LogP contribution in [0.3, 0.4) is 0 Å². The molecular weight excluding hydrogens is 334 g/mol. The molecule has 7 heteroatoms. The maximum atomic E-state index is 12.5. The third-order valence-electron chi connectivity index (χ3n) is 4.68. The van der Waals surface area contributed by atoms with E-state index in [1.807, 2.05) is 6.07 Å². The molecule has 0 aliphatic carbocycles. The number of rotatable bonds is 3. The van der Waals surface area contributed by atoms with Crippen molar-refractivity contribution in [2.75, 3.05) is 18.4 Å². The summed E-state index contributed by atoms with van der Waals surface area (Å²) in [6.07, 6.45) is 4.21. The van der Waals surface area contributed by atoms with Crippen molar-refractivity contribution in [3.8, 4) is 0 Å². The van der Waals surface area contributed by atoms with E-state index in [0.29, 0.717) is 48.7 Å². The molecule has 0 unspecified atom stereocenters. The largest absolute Gasteiger partial charge is 0.472 e. The zero-order valence-corrected chi connectivity index (χ0v) is 14.4. The number of fused-ring (bicyclic) bond motifs is 1. The van der Waals surface area contributed by atoms with Crippen LogP contribution < -0.4 is 5.32 Å². The first-order valence-electron chi connectivity index (χ1n) is 8.60. The average molecular weight is 353 g/mol. The van der Waals surface area contributed by atoms with Crippen molar-refractivity contribution in [1.29, 1.82) is 0 Å². The van der Waals surface area contributed by atoms with Gasteiger partial charge in [-0.2, -0.15) is 0 Å². The maximum Gasteiger partial charge on any atom is 0.257 e. The molecule has 0 atom stereocenters. The van der Waals surface area contributed by atoms with Gasteiger partial charge in [0.25, 0.3) is 5.91 Å². The molecule has 26 heavy (non-hydrogen) atoms. The molecule has 0 spiro atoms. The lowest BCUT2D eigenvalue weighted by molar-refractivity contribution is -0.121. The maximum absolute atomic E-state index is 12.5. The number of hydrogen-bond acceptors (Lipinski definition) is 5. The zero-order chi connectivity index (χ0) is 18.1. The van der Waals surface area contributed by atoms with Crippen LogP contribution in [0.5, 0.6) is 0 Å². The van der Waals surface area contributed by atoms with Gasteiger partial charge in [0.05, 0.1) is 11.8 Å². The average Bonchev–Trinajstić information content (AvgIpc) is 3.29. The van der Waals surface area contributed by atoms with Gasteiger partial charge in [0.15, 0.2) is 11.5 Å². The summed E-state index contributed by atoms with van der Waals surface area (Å²) in [4.78, 5) is 30.9. The molecule has 3 heterocycles. The van der Waals surface area contributed by atoms with E-state index in [2.05, 4.69) is 10.3 Å². The minimum absolute atomic E-state index is 0.0278. The fraction of sp³-hybridized carbons (Fsp3) is 0.316. The molecule has 1 aliphatic heterocycles. The summed E-state index contributed by atoms with van der Waals surface area (Å²) in [6, 6.07) is 7.07. The lowest BCUT2D eigenvalue weighted by Crippen LogP contribution is -2.41. The van der Waals surface area contributed by atoms with E-state index in [1.165, 1.54) is 12.5 Å². The summed E-state index contributed by atoms with van der Waals surface area (Å²) in [6.45, 7) is 2.91. The predicted octanol–water partition coefficient (Wildman–Crippen LogP) is 3.22. The van der Waals surface area contributed by atoms with Gasteiger partial charge in [0.2, 0.25) is 5.91 Å². The number of anilines is 1. The zero-order valence-electron chi connectivity index (χ0n) is 14.4. The minimum Gasteiger partial charge on any atom is -0.472 e. The summed E-state index contributed by atoms with van der Waals surface area (Å²) >= 11 is 0. The molecule has 2 aromatic heterocycles. The number of oxazole rings is 1. The molecule has 134 valence electrons. The van der Waals surface area contributed by atoms with Crippen molar-refractivity contribution in [1.82, 2.24) is 9.88 Å². The highest BCUT2D eigenvalue weighted by Crippen LogP contribution is 2.23. The smallest absolute Gasteiger partial charge is 0.257 e. The molecule has 2 amide bonds. The van der Waals surface area contributed by atoms with Gasteiger partial charge in [-0.3, -0.25) is 9.59 Å². The number of carbonyl (C=O) groups is 2. The third kappa shape index (κ3) is 3.20. The highest BCUT2D eigenvalue weighted by atomic mass is 16.3. The molecular formula is C19H19N3O4. The summed E-state index contributed by atoms with van der Waals surface area (Å²) in [5.41, 5.74) is 2.67. The lowest BCUT2D eigenvalue weighted by atomic mass is 9.95. The van der Waals surface area contributed by atoms with Crippen molar-refractivity contribution in [3.05, 3.63) is 48.2 Å². The van der Waals surface area contributed by atoms with Gasteiger partial charge in [-0.1, -0.05) is 0 Å². The molecule has 1 aliphatic rings. The molecule has 1 aromatic carbocycles. The number of likely N-dealkylation sites (tertiary alicyclic amines) is 1. The second-order valence-electron chi connectivity index (χ2n) is 6.48. The number of aryl methyl sites for hydroxylation is 1. The quantitative estimate of drug-likeness (QED) is 0.781. The predicted molar refractivity (Wildman–Crippen MR) is 94.7 cm³/mol. The molecule has 1 fully saturated rings. The van der Waals surface area contributed by atoms with Crippen LogP contribution in [0.25, 0.3) is 11.1 Å². The van der Waals surface area contributed by atoms with E-state index >= 15 is 0 Å². The van der Waals surface area contributed by atoms with Crippen LogP contribution in [-0.4, -0.2) is 34.8 Å². The second-order valence-corrected chi connectivity index (χ2v) is 6.48. The lowest BCUT2D eigenvalue weighted by Gasteiger charge is -2.31. The molecule has 7 nitrogen and oxygen atoms in total. The Kier molecular flexibility index (Phi) is 4.20. The number of hydrogen-bond donors (Lipinski definition) is 1. The van der Waals surface area contributed by atoms with E-state index in [0.717, 1.165) is 5.52 Å². The third-order valence-corrected chi connectivity index (χ3v) is 4.68. The molecule has 1 saturated heterocycles. The number of aromatic nitrogens is 1. The number of benzene rings is 1. The highest BCUT2D eigenvalue weighted by molar-refractivity contribution is 5.95. The molecule has 0 radical (unpaired) electrons. The fourth-order valence-corrected chi connectivity index (χ4v) is 3.28. The Balaban J connectivity index is 1.36. The van der Waals surface area contributed by atoms with Gasteiger partial charge >= 0.3 is 0 Å². The van der Waals surface area contributed by atoms with E-state index in [-0.39, 0.29) is 17.7 Å². The Morgan fingerprint density at radius 1 is 1.23 bits per heavy atom. The van der Waals surface area contributed by atoms with Gasteiger partial charge in [-0.05, 0) is 37.1 Å². The number of amides is 2. The first kappa shape index (κ1) is 16.4. The Labute approximate surface area is 150 Å². The summed E-state index contributed by atoms with van der Waals surface area (Å²) < 4.78 is 10.4. The summed E-state index contributed by atoms with van der Waals surface area (Å²) in [7, 11) is 0. The van der Waals surface area contributed by atoms with Gasteiger partial charge < -0.3 is 19.1 Å². The van der Waals surface area contributed by atoms with Gasteiger partial charge in [-0.15, -0.1) is 0 Å². The monoisotopic (exact) mass is 353 g/mol. The van der Waals surface area contributed by atoms with Crippen LogP contribution in [0.4, 0.5) is 5.69 Å². The Morgan fingerprint density at radius 2 is 2.04 bits per heavy atom. The molecule has 1 N–H and O–H groups in total. The topological polar surface area (TPSA) is 88.6 Å². The molecule has 4 rings (SSSR count). The minimum atomic E-state index is -0.113. The number of nitrogens with zero attached hydrogens (tertiary/aromatic N) is 2. The number of carbonyl (C=O) groups excluding carboxylic acids is 2. The highest BCUT2D eigenvalue weighted by Gasteiger charge is 2.28. The van der Waals surface area contributed by atoms with Crippen molar-refractivity contribution < 1.29 is 18.4 Å². The van der Waals surface area contributed by atoms with Crippen molar-refractivity contribution in [2.45, 2.75) is 19.8 Å². The van der Waals surface area contributed by atoms with E-state index < -0.39 is 0 Å². The number of piperidine rings is 1. The first-order valence-corrected chi connectivity index (χ1v) is 8.60. The normalized spacial score (nSPS) is 15.3. The Bertz CT molecular complexity index is 937. The standard InChI is InChI=1S/C19H19N3O4/c1-12-20-16-10-15(2-3-17(16)26-12)21-18(23)13-4-7-22(8-5-13)19(24)14-6-9-25-11-14/h2-3,6,9-11,13H,4-5,7-8H2,1H3,(H,21,23). The first-order chi connectivity index (χ1) is 12.6. The molecule has 0 bridgehead atoms.